The minimum absolute atomic E-state index is 0.381. The molecule has 0 heterocycles. The third kappa shape index (κ3) is 3.45. The normalized spacial score (nSPS) is 11.2. The molecule has 0 unspecified atom stereocenters. The van der Waals surface area contributed by atoms with Gasteiger partial charge in [0.05, 0.1) is 12.7 Å². The Morgan fingerprint density at radius 1 is 1.15 bits per heavy atom. The average molecular weight is 291 g/mol. The Balaban J connectivity index is 2.25. The molecule has 20 heavy (non-hydrogen) atoms. The van der Waals surface area contributed by atoms with Gasteiger partial charge in [0, 0.05) is 10.6 Å². The summed E-state index contributed by atoms with van der Waals surface area (Å²) in [5, 5.41) is 0.549. The summed E-state index contributed by atoms with van der Waals surface area (Å²) in [5.74, 6) is -0.848. The zero-order valence-electron chi connectivity index (χ0n) is 10.8. The fourth-order valence-electron chi connectivity index (χ4n) is 1.71. The predicted molar refractivity (Wildman–Crippen MR) is 78.2 cm³/mol. The number of ether oxygens (including phenoxy) is 1. The largest absolute Gasteiger partial charge is 0.465 e. The van der Waals surface area contributed by atoms with Gasteiger partial charge in [0.1, 0.15) is 5.83 Å². The van der Waals surface area contributed by atoms with Crippen molar-refractivity contribution in [1.29, 1.82) is 0 Å². The number of rotatable bonds is 3. The van der Waals surface area contributed by atoms with E-state index in [1.807, 2.05) is 0 Å². The maximum Gasteiger partial charge on any atom is 0.337 e. The van der Waals surface area contributed by atoms with Crippen molar-refractivity contribution in [3.05, 3.63) is 70.2 Å². The molecule has 2 aromatic rings. The zero-order chi connectivity index (χ0) is 14.5. The lowest BCUT2D eigenvalue weighted by Gasteiger charge is -2.02. The molecule has 4 heteroatoms. The molecule has 0 N–H and O–H groups in total. The van der Waals surface area contributed by atoms with Gasteiger partial charge in [-0.15, -0.1) is 0 Å². The molecular weight excluding hydrogens is 279 g/mol. The molecule has 2 rings (SSSR count). The van der Waals surface area contributed by atoms with Gasteiger partial charge in [-0.1, -0.05) is 35.9 Å². The zero-order valence-corrected chi connectivity index (χ0v) is 11.5. The number of esters is 1. The highest BCUT2D eigenvalue weighted by Gasteiger charge is 2.06. The molecule has 0 aliphatic carbocycles. The standard InChI is InChI=1S/C16H12ClFO2/c1-20-16(19)13-7-5-12(6-8-13)15(18)10-11-3-2-4-14(17)9-11/h2-10H,1H3/b15-10-. The van der Waals surface area contributed by atoms with Crippen molar-refractivity contribution in [1.82, 2.24) is 0 Å². The topological polar surface area (TPSA) is 26.3 Å². The van der Waals surface area contributed by atoms with Crippen LogP contribution in [-0.4, -0.2) is 13.1 Å². The lowest BCUT2D eigenvalue weighted by Crippen LogP contribution is -2.00. The van der Waals surface area contributed by atoms with Crippen molar-refractivity contribution in [3.8, 4) is 0 Å². The lowest BCUT2D eigenvalue weighted by atomic mass is 10.1. The Hall–Kier alpha value is -2.13. The van der Waals surface area contributed by atoms with Gasteiger partial charge in [-0.25, -0.2) is 9.18 Å². The number of carbonyl (C=O) groups is 1. The second-order valence-electron chi connectivity index (χ2n) is 4.12. The van der Waals surface area contributed by atoms with Crippen molar-refractivity contribution in [2.24, 2.45) is 0 Å². The highest BCUT2D eigenvalue weighted by molar-refractivity contribution is 6.30. The van der Waals surface area contributed by atoms with Gasteiger partial charge in [0.2, 0.25) is 0 Å². The molecular formula is C16H12ClFO2. The smallest absolute Gasteiger partial charge is 0.337 e. The summed E-state index contributed by atoms with van der Waals surface area (Å²) in [6.07, 6.45) is 1.39. The van der Waals surface area contributed by atoms with E-state index < -0.39 is 11.8 Å². The highest BCUT2D eigenvalue weighted by Crippen LogP contribution is 2.21. The van der Waals surface area contributed by atoms with Crippen LogP contribution in [0.15, 0.2) is 48.5 Å². The fraction of sp³-hybridized carbons (Fsp3) is 0.0625. The molecule has 0 bridgehead atoms. The van der Waals surface area contributed by atoms with Crippen LogP contribution in [0.5, 0.6) is 0 Å². The third-order valence-corrected chi connectivity index (χ3v) is 2.96. The monoisotopic (exact) mass is 290 g/mol. The Morgan fingerprint density at radius 2 is 1.80 bits per heavy atom. The van der Waals surface area contributed by atoms with Crippen LogP contribution in [0.3, 0.4) is 0 Å². The molecule has 0 aliphatic heterocycles. The molecule has 2 aromatic carbocycles. The Bertz CT molecular complexity index is 648. The van der Waals surface area contributed by atoms with E-state index in [2.05, 4.69) is 4.74 Å². The van der Waals surface area contributed by atoms with E-state index in [4.69, 9.17) is 11.6 Å². The predicted octanol–water partition coefficient (Wildman–Crippen LogP) is 4.59. The summed E-state index contributed by atoms with van der Waals surface area (Å²) in [4.78, 5) is 11.3. The molecule has 0 amide bonds. The van der Waals surface area contributed by atoms with E-state index in [0.717, 1.165) is 0 Å². The molecule has 0 atom stereocenters. The van der Waals surface area contributed by atoms with Gasteiger partial charge in [-0.3, -0.25) is 0 Å². The van der Waals surface area contributed by atoms with E-state index in [0.29, 0.717) is 21.7 Å². The fourth-order valence-corrected chi connectivity index (χ4v) is 1.91. The Kier molecular flexibility index (Phi) is 4.53. The number of hydrogen-bond donors (Lipinski definition) is 0. The summed E-state index contributed by atoms with van der Waals surface area (Å²) in [7, 11) is 1.30. The van der Waals surface area contributed by atoms with Crippen LogP contribution in [0, 0.1) is 0 Å². The van der Waals surface area contributed by atoms with Crippen molar-refractivity contribution in [3.63, 3.8) is 0 Å². The van der Waals surface area contributed by atoms with Crippen LogP contribution in [0.4, 0.5) is 4.39 Å². The van der Waals surface area contributed by atoms with Crippen LogP contribution in [0.2, 0.25) is 5.02 Å². The molecule has 0 saturated heterocycles. The van der Waals surface area contributed by atoms with Gasteiger partial charge < -0.3 is 4.74 Å². The Morgan fingerprint density at radius 3 is 2.40 bits per heavy atom. The first-order valence-corrected chi connectivity index (χ1v) is 6.29. The van der Waals surface area contributed by atoms with Crippen molar-refractivity contribution < 1.29 is 13.9 Å². The molecule has 0 aromatic heterocycles. The first-order valence-electron chi connectivity index (χ1n) is 5.91. The first kappa shape index (κ1) is 14.3. The van der Waals surface area contributed by atoms with Crippen LogP contribution >= 0.6 is 11.6 Å². The Labute approximate surface area is 121 Å². The maximum absolute atomic E-state index is 14.1. The minimum atomic E-state index is -0.448. The van der Waals surface area contributed by atoms with Crippen molar-refractivity contribution in [2.75, 3.05) is 7.11 Å². The highest BCUT2D eigenvalue weighted by atomic mass is 35.5. The van der Waals surface area contributed by atoms with Crippen LogP contribution in [-0.2, 0) is 4.74 Å². The molecule has 0 saturated carbocycles. The number of hydrogen-bond acceptors (Lipinski definition) is 2. The maximum atomic E-state index is 14.1. The number of carbonyl (C=O) groups excluding carboxylic acids is 1. The second-order valence-corrected chi connectivity index (χ2v) is 4.55. The van der Waals surface area contributed by atoms with Gasteiger partial charge in [-0.2, -0.15) is 0 Å². The average Bonchev–Trinajstić information content (AvgIpc) is 2.46. The van der Waals surface area contributed by atoms with E-state index in [1.54, 1.807) is 24.3 Å². The number of benzene rings is 2. The number of methoxy groups -OCH3 is 1. The van der Waals surface area contributed by atoms with Gasteiger partial charge >= 0.3 is 5.97 Å². The molecule has 102 valence electrons. The first-order chi connectivity index (χ1) is 9.60. The van der Waals surface area contributed by atoms with Gasteiger partial charge in [0.25, 0.3) is 0 Å². The summed E-state index contributed by atoms with van der Waals surface area (Å²) in [5.41, 5.74) is 1.44. The van der Waals surface area contributed by atoms with Crippen molar-refractivity contribution >= 4 is 29.5 Å². The van der Waals surface area contributed by atoms with Crippen LogP contribution in [0.1, 0.15) is 21.5 Å². The molecule has 0 aliphatic rings. The van der Waals surface area contributed by atoms with E-state index in [1.165, 1.54) is 37.5 Å². The van der Waals surface area contributed by atoms with E-state index in [9.17, 15) is 9.18 Å². The second kappa shape index (κ2) is 6.35. The minimum Gasteiger partial charge on any atom is -0.465 e. The molecule has 0 spiro atoms. The van der Waals surface area contributed by atoms with Crippen molar-refractivity contribution in [2.45, 2.75) is 0 Å². The molecule has 2 nitrogen and oxygen atoms in total. The summed E-state index contributed by atoms with van der Waals surface area (Å²) in [6.45, 7) is 0. The summed E-state index contributed by atoms with van der Waals surface area (Å²) in [6, 6.07) is 13.0. The third-order valence-electron chi connectivity index (χ3n) is 2.72. The summed E-state index contributed by atoms with van der Waals surface area (Å²) < 4.78 is 18.7. The van der Waals surface area contributed by atoms with Crippen LogP contribution in [0.25, 0.3) is 11.9 Å². The van der Waals surface area contributed by atoms with Gasteiger partial charge in [-0.05, 0) is 35.9 Å². The molecule has 0 fully saturated rings. The van der Waals surface area contributed by atoms with E-state index >= 15 is 0 Å². The van der Waals surface area contributed by atoms with Gasteiger partial charge in [0.15, 0.2) is 0 Å². The number of halogens is 2. The van der Waals surface area contributed by atoms with Crippen LogP contribution < -0.4 is 0 Å². The quantitative estimate of drug-likeness (QED) is 0.610. The molecule has 0 radical (unpaired) electrons. The lowest BCUT2D eigenvalue weighted by molar-refractivity contribution is 0.0600. The van der Waals surface area contributed by atoms with E-state index in [-0.39, 0.29) is 0 Å². The SMILES string of the molecule is COC(=O)c1ccc(/C(F)=C/c2cccc(Cl)c2)cc1. The summed E-state index contributed by atoms with van der Waals surface area (Å²) >= 11 is 5.84.